The Morgan fingerprint density at radius 2 is 2.21 bits per heavy atom. The summed E-state index contributed by atoms with van der Waals surface area (Å²) in [5, 5.41) is 7.60. The van der Waals surface area contributed by atoms with Crippen molar-refractivity contribution in [1.82, 2.24) is 15.5 Å². The molecule has 5 nitrogen and oxygen atoms in total. The Labute approximate surface area is 114 Å². The summed E-state index contributed by atoms with van der Waals surface area (Å²) in [5.41, 5.74) is 0. The van der Waals surface area contributed by atoms with E-state index in [0.29, 0.717) is 12.1 Å². The van der Waals surface area contributed by atoms with Crippen molar-refractivity contribution in [1.29, 1.82) is 0 Å². The summed E-state index contributed by atoms with van der Waals surface area (Å²) < 4.78 is 10.9. The van der Waals surface area contributed by atoms with E-state index in [4.69, 9.17) is 9.26 Å². The minimum absolute atomic E-state index is 0.297. The van der Waals surface area contributed by atoms with Crippen molar-refractivity contribution in [3.63, 3.8) is 0 Å². The van der Waals surface area contributed by atoms with Crippen molar-refractivity contribution >= 4 is 0 Å². The normalized spacial score (nSPS) is 27.8. The molecule has 0 amide bonds. The zero-order valence-corrected chi connectivity index (χ0v) is 11.4. The maximum absolute atomic E-state index is 5.59. The van der Waals surface area contributed by atoms with Crippen LogP contribution in [0.4, 0.5) is 0 Å². The van der Waals surface area contributed by atoms with Crippen molar-refractivity contribution in [3.8, 4) is 0 Å². The average Bonchev–Trinajstić information content (AvgIpc) is 3.10. The standard InChI is InChI=1S/C14H23N3O2/c1-2-8-15-11(4-1)6-7-14-16-13(17-19-14)10-12-5-3-9-18-12/h11-12,15H,1-10H2. The lowest BCUT2D eigenvalue weighted by Gasteiger charge is -2.22. The van der Waals surface area contributed by atoms with Gasteiger partial charge in [0.05, 0.1) is 6.10 Å². The first-order chi connectivity index (χ1) is 9.40. The average molecular weight is 265 g/mol. The van der Waals surface area contributed by atoms with Gasteiger partial charge in [-0.15, -0.1) is 0 Å². The number of piperidine rings is 1. The van der Waals surface area contributed by atoms with Gasteiger partial charge in [0.2, 0.25) is 5.89 Å². The van der Waals surface area contributed by atoms with Gasteiger partial charge in [0.15, 0.2) is 5.82 Å². The summed E-state index contributed by atoms with van der Waals surface area (Å²) in [7, 11) is 0. The molecule has 106 valence electrons. The van der Waals surface area contributed by atoms with E-state index in [0.717, 1.165) is 57.0 Å². The number of aryl methyl sites for hydroxylation is 1. The molecule has 2 saturated heterocycles. The molecule has 1 aromatic heterocycles. The maximum atomic E-state index is 5.59. The largest absolute Gasteiger partial charge is 0.378 e. The van der Waals surface area contributed by atoms with Crippen LogP contribution in [-0.4, -0.2) is 35.4 Å². The molecule has 19 heavy (non-hydrogen) atoms. The predicted octanol–water partition coefficient (Wildman–Crippen LogP) is 1.87. The SMILES string of the molecule is C1CCC(CCc2nc(CC3CCCO3)no2)NC1. The highest BCUT2D eigenvalue weighted by molar-refractivity contribution is 4.91. The second kappa shape index (κ2) is 6.48. The van der Waals surface area contributed by atoms with Crippen LogP contribution in [0.15, 0.2) is 4.52 Å². The van der Waals surface area contributed by atoms with Gasteiger partial charge in [-0.3, -0.25) is 0 Å². The lowest BCUT2D eigenvalue weighted by atomic mass is 10.0. The molecule has 5 heteroatoms. The molecule has 2 unspecified atom stereocenters. The number of aromatic nitrogens is 2. The molecule has 2 aliphatic rings. The minimum Gasteiger partial charge on any atom is -0.378 e. The van der Waals surface area contributed by atoms with Gasteiger partial charge < -0.3 is 14.6 Å². The fourth-order valence-electron chi connectivity index (χ4n) is 2.95. The van der Waals surface area contributed by atoms with Gasteiger partial charge in [0.25, 0.3) is 0 Å². The Morgan fingerprint density at radius 3 is 3.00 bits per heavy atom. The molecule has 2 atom stereocenters. The van der Waals surface area contributed by atoms with E-state index in [9.17, 15) is 0 Å². The van der Waals surface area contributed by atoms with Crippen LogP contribution >= 0.6 is 0 Å². The van der Waals surface area contributed by atoms with Crippen LogP contribution in [0.1, 0.15) is 50.2 Å². The minimum atomic E-state index is 0.297. The first-order valence-corrected chi connectivity index (χ1v) is 7.56. The fraction of sp³-hybridized carbons (Fsp3) is 0.857. The number of hydrogen-bond acceptors (Lipinski definition) is 5. The van der Waals surface area contributed by atoms with Crippen LogP contribution in [0.2, 0.25) is 0 Å². The van der Waals surface area contributed by atoms with Crippen LogP contribution in [0.3, 0.4) is 0 Å². The van der Waals surface area contributed by atoms with Gasteiger partial charge in [-0.1, -0.05) is 11.6 Å². The number of nitrogens with one attached hydrogen (secondary N) is 1. The summed E-state index contributed by atoms with van der Waals surface area (Å²) >= 11 is 0. The second-order valence-electron chi connectivity index (χ2n) is 5.63. The highest BCUT2D eigenvalue weighted by Gasteiger charge is 2.19. The van der Waals surface area contributed by atoms with E-state index in [1.165, 1.54) is 19.3 Å². The van der Waals surface area contributed by atoms with E-state index < -0.39 is 0 Å². The Bertz CT molecular complexity index is 382. The molecule has 0 spiro atoms. The molecule has 3 heterocycles. The molecule has 1 N–H and O–H groups in total. The Balaban J connectivity index is 1.44. The van der Waals surface area contributed by atoms with Crippen molar-refractivity contribution < 1.29 is 9.26 Å². The van der Waals surface area contributed by atoms with E-state index in [2.05, 4.69) is 15.5 Å². The van der Waals surface area contributed by atoms with Gasteiger partial charge in [-0.05, 0) is 38.6 Å². The van der Waals surface area contributed by atoms with E-state index in [-0.39, 0.29) is 0 Å². The van der Waals surface area contributed by atoms with Gasteiger partial charge in [-0.25, -0.2) is 0 Å². The van der Waals surface area contributed by atoms with Crippen LogP contribution in [0.25, 0.3) is 0 Å². The number of ether oxygens (including phenoxy) is 1. The molecule has 0 bridgehead atoms. The lowest BCUT2D eigenvalue weighted by Crippen LogP contribution is -2.34. The van der Waals surface area contributed by atoms with Crippen molar-refractivity contribution in [2.45, 2.75) is 63.5 Å². The molecule has 2 aliphatic heterocycles. The van der Waals surface area contributed by atoms with Crippen LogP contribution < -0.4 is 5.32 Å². The molecule has 1 aromatic rings. The van der Waals surface area contributed by atoms with Crippen molar-refractivity contribution in [2.75, 3.05) is 13.2 Å². The summed E-state index contributed by atoms with van der Waals surface area (Å²) in [5.74, 6) is 1.58. The van der Waals surface area contributed by atoms with Crippen molar-refractivity contribution in [3.05, 3.63) is 11.7 Å². The van der Waals surface area contributed by atoms with E-state index in [1.54, 1.807) is 0 Å². The number of rotatable bonds is 5. The van der Waals surface area contributed by atoms with Crippen LogP contribution in [0, 0.1) is 0 Å². The monoisotopic (exact) mass is 265 g/mol. The molecule has 0 aliphatic carbocycles. The molecule has 3 rings (SSSR count). The molecule has 0 saturated carbocycles. The van der Waals surface area contributed by atoms with E-state index >= 15 is 0 Å². The third-order valence-corrected chi connectivity index (χ3v) is 4.06. The molecular formula is C14H23N3O2. The topological polar surface area (TPSA) is 60.2 Å². The van der Waals surface area contributed by atoms with Crippen LogP contribution in [-0.2, 0) is 17.6 Å². The summed E-state index contributed by atoms with van der Waals surface area (Å²) in [6, 6.07) is 0.627. The highest BCUT2D eigenvalue weighted by atomic mass is 16.5. The molecular weight excluding hydrogens is 242 g/mol. The van der Waals surface area contributed by atoms with Gasteiger partial charge in [0.1, 0.15) is 0 Å². The summed E-state index contributed by atoms with van der Waals surface area (Å²) in [6.07, 6.45) is 9.28. The summed E-state index contributed by atoms with van der Waals surface area (Å²) in [6.45, 7) is 2.03. The summed E-state index contributed by atoms with van der Waals surface area (Å²) in [4.78, 5) is 4.47. The Hall–Kier alpha value is -0.940. The second-order valence-corrected chi connectivity index (χ2v) is 5.63. The first-order valence-electron chi connectivity index (χ1n) is 7.56. The van der Waals surface area contributed by atoms with Crippen LogP contribution in [0.5, 0.6) is 0 Å². The van der Waals surface area contributed by atoms with Gasteiger partial charge in [-0.2, -0.15) is 4.98 Å². The van der Waals surface area contributed by atoms with Crippen molar-refractivity contribution in [2.24, 2.45) is 0 Å². The predicted molar refractivity (Wildman–Crippen MR) is 70.9 cm³/mol. The zero-order valence-electron chi connectivity index (χ0n) is 11.4. The lowest BCUT2D eigenvalue weighted by molar-refractivity contribution is 0.109. The Kier molecular flexibility index (Phi) is 4.45. The molecule has 0 radical (unpaired) electrons. The Morgan fingerprint density at radius 1 is 1.21 bits per heavy atom. The van der Waals surface area contributed by atoms with Gasteiger partial charge in [0, 0.05) is 25.5 Å². The third kappa shape index (κ3) is 3.76. The first kappa shape index (κ1) is 13.1. The van der Waals surface area contributed by atoms with E-state index in [1.807, 2.05) is 0 Å². The smallest absolute Gasteiger partial charge is 0.226 e. The number of hydrogen-bond donors (Lipinski definition) is 1. The maximum Gasteiger partial charge on any atom is 0.226 e. The number of nitrogens with zero attached hydrogens (tertiary/aromatic N) is 2. The zero-order chi connectivity index (χ0) is 12.9. The molecule has 0 aromatic carbocycles. The molecule has 2 fully saturated rings. The highest BCUT2D eigenvalue weighted by Crippen LogP contribution is 2.17. The fourth-order valence-corrected chi connectivity index (χ4v) is 2.95. The quantitative estimate of drug-likeness (QED) is 0.880. The van der Waals surface area contributed by atoms with Gasteiger partial charge >= 0.3 is 0 Å². The third-order valence-electron chi connectivity index (χ3n) is 4.06.